The molecule has 0 unspecified atom stereocenters. The number of nitrogens with one attached hydrogen (secondary N) is 1. The van der Waals surface area contributed by atoms with Crippen molar-refractivity contribution in [1.82, 2.24) is 15.0 Å². The fourth-order valence-corrected chi connectivity index (χ4v) is 3.11. The molecule has 1 heterocycles. The van der Waals surface area contributed by atoms with Gasteiger partial charge in [0.05, 0.1) is 19.8 Å². The third-order valence-corrected chi connectivity index (χ3v) is 4.57. The molecular weight excluding hydrogens is 388 g/mol. The van der Waals surface area contributed by atoms with Crippen molar-refractivity contribution in [3.05, 3.63) is 59.1 Å². The molecule has 0 aliphatic carbocycles. The molecule has 0 atom stereocenters. The first kappa shape index (κ1) is 18.9. The number of halogens is 1. The molecular formula is C18H15ClN4O3S. The van der Waals surface area contributed by atoms with Gasteiger partial charge in [-0.15, -0.1) is 4.98 Å². The van der Waals surface area contributed by atoms with Crippen molar-refractivity contribution in [2.75, 3.05) is 19.5 Å². The molecule has 138 valence electrons. The zero-order valence-electron chi connectivity index (χ0n) is 14.5. The molecule has 7 nitrogen and oxygen atoms in total. The summed E-state index contributed by atoms with van der Waals surface area (Å²) >= 11 is 7.09. The average molecular weight is 403 g/mol. The van der Waals surface area contributed by atoms with Gasteiger partial charge in [0.1, 0.15) is 0 Å². The molecule has 0 bridgehead atoms. The van der Waals surface area contributed by atoms with Gasteiger partial charge in [-0.2, -0.15) is 9.97 Å². The van der Waals surface area contributed by atoms with E-state index in [1.165, 1.54) is 26.0 Å². The normalized spacial score (nSPS) is 10.3. The van der Waals surface area contributed by atoms with Gasteiger partial charge in [-0.25, -0.2) is 0 Å². The Morgan fingerprint density at radius 2 is 1.59 bits per heavy atom. The Bertz CT molecular complexity index is 931. The Labute approximate surface area is 165 Å². The van der Waals surface area contributed by atoms with Crippen molar-refractivity contribution in [1.29, 1.82) is 0 Å². The number of rotatable bonds is 6. The second-order valence-electron chi connectivity index (χ2n) is 5.15. The van der Waals surface area contributed by atoms with Gasteiger partial charge in [0.2, 0.25) is 5.16 Å². The second kappa shape index (κ2) is 8.70. The van der Waals surface area contributed by atoms with Crippen molar-refractivity contribution in [3.63, 3.8) is 0 Å². The van der Waals surface area contributed by atoms with E-state index in [0.717, 1.165) is 0 Å². The van der Waals surface area contributed by atoms with Gasteiger partial charge in [-0.3, -0.25) is 4.79 Å². The van der Waals surface area contributed by atoms with Gasteiger partial charge in [-0.1, -0.05) is 23.7 Å². The van der Waals surface area contributed by atoms with Gasteiger partial charge in [-0.05, 0) is 48.2 Å². The van der Waals surface area contributed by atoms with E-state index in [2.05, 4.69) is 20.3 Å². The lowest BCUT2D eigenvalue weighted by molar-refractivity contribution is 0.102. The molecule has 0 spiro atoms. The predicted molar refractivity (Wildman–Crippen MR) is 103 cm³/mol. The first-order chi connectivity index (χ1) is 13.1. The van der Waals surface area contributed by atoms with Crippen LogP contribution in [0.25, 0.3) is 0 Å². The molecule has 0 radical (unpaired) electrons. The van der Waals surface area contributed by atoms with Gasteiger partial charge in [0.25, 0.3) is 5.91 Å². The first-order valence-corrected chi connectivity index (χ1v) is 8.96. The fourth-order valence-electron chi connectivity index (χ4n) is 2.12. The summed E-state index contributed by atoms with van der Waals surface area (Å²) in [5.74, 6) is -0.256. The van der Waals surface area contributed by atoms with Crippen LogP contribution in [0.2, 0.25) is 5.02 Å². The number of anilines is 1. The fraction of sp³-hybridized carbons (Fsp3) is 0.111. The van der Waals surface area contributed by atoms with E-state index in [-0.39, 0.29) is 17.9 Å². The molecule has 0 saturated carbocycles. The standard InChI is InChI=1S/C18H15ClN4O3S/c1-25-16-21-17(26-2)23-18(22-16)27-14-6-4-3-5-13(14)15(24)20-12-9-7-11(19)8-10-12/h3-10H,1-2H3,(H,20,24). The van der Waals surface area contributed by atoms with Crippen LogP contribution in [0, 0.1) is 0 Å². The highest BCUT2D eigenvalue weighted by Crippen LogP contribution is 2.30. The summed E-state index contributed by atoms with van der Waals surface area (Å²) in [7, 11) is 2.91. The van der Waals surface area contributed by atoms with Crippen LogP contribution in [0.4, 0.5) is 5.69 Å². The molecule has 0 aliphatic rings. The van der Waals surface area contributed by atoms with E-state index in [4.69, 9.17) is 21.1 Å². The molecule has 0 saturated heterocycles. The van der Waals surface area contributed by atoms with Crippen LogP contribution in [0.5, 0.6) is 12.0 Å². The van der Waals surface area contributed by atoms with Crippen molar-refractivity contribution in [2.24, 2.45) is 0 Å². The topological polar surface area (TPSA) is 86.2 Å². The van der Waals surface area contributed by atoms with E-state index in [1.54, 1.807) is 36.4 Å². The van der Waals surface area contributed by atoms with Crippen LogP contribution in [-0.4, -0.2) is 35.1 Å². The highest BCUT2D eigenvalue weighted by Gasteiger charge is 2.15. The van der Waals surface area contributed by atoms with E-state index >= 15 is 0 Å². The minimum atomic E-state index is -0.256. The Kier molecular flexibility index (Phi) is 6.10. The highest BCUT2D eigenvalue weighted by molar-refractivity contribution is 7.99. The van der Waals surface area contributed by atoms with Gasteiger partial charge >= 0.3 is 12.0 Å². The first-order valence-electron chi connectivity index (χ1n) is 7.77. The van der Waals surface area contributed by atoms with Crippen LogP contribution >= 0.6 is 23.4 Å². The number of amides is 1. The molecule has 0 aliphatic heterocycles. The molecule has 0 fully saturated rings. The lowest BCUT2D eigenvalue weighted by Crippen LogP contribution is -2.13. The monoisotopic (exact) mass is 402 g/mol. The van der Waals surface area contributed by atoms with Gasteiger partial charge in [0, 0.05) is 15.6 Å². The largest absolute Gasteiger partial charge is 0.467 e. The number of hydrogen-bond acceptors (Lipinski definition) is 7. The maximum atomic E-state index is 12.7. The number of aromatic nitrogens is 3. The molecule has 27 heavy (non-hydrogen) atoms. The van der Waals surface area contributed by atoms with Crippen LogP contribution < -0.4 is 14.8 Å². The van der Waals surface area contributed by atoms with Crippen LogP contribution in [0.3, 0.4) is 0 Å². The number of ether oxygens (including phenoxy) is 2. The lowest BCUT2D eigenvalue weighted by atomic mass is 10.2. The summed E-state index contributed by atoms with van der Waals surface area (Å²) in [5, 5.41) is 3.79. The van der Waals surface area contributed by atoms with Crippen LogP contribution in [0.1, 0.15) is 10.4 Å². The summed E-state index contributed by atoms with van der Waals surface area (Å²) < 4.78 is 10.1. The number of nitrogens with zero attached hydrogens (tertiary/aromatic N) is 3. The Morgan fingerprint density at radius 3 is 2.22 bits per heavy atom. The summed E-state index contributed by atoms with van der Waals surface area (Å²) in [5.41, 5.74) is 1.13. The van der Waals surface area contributed by atoms with Crippen LogP contribution in [-0.2, 0) is 0 Å². The Hall–Kier alpha value is -2.84. The Morgan fingerprint density at radius 1 is 0.963 bits per heavy atom. The minimum Gasteiger partial charge on any atom is -0.467 e. The predicted octanol–water partition coefficient (Wildman–Crippen LogP) is 3.95. The average Bonchev–Trinajstić information content (AvgIpc) is 2.69. The molecule has 1 N–H and O–H groups in total. The van der Waals surface area contributed by atoms with E-state index in [0.29, 0.717) is 26.3 Å². The quantitative estimate of drug-likeness (QED) is 0.668. The zero-order valence-corrected chi connectivity index (χ0v) is 16.0. The lowest BCUT2D eigenvalue weighted by Gasteiger charge is -2.10. The maximum Gasteiger partial charge on any atom is 0.323 e. The smallest absolute Gasteiger partial charge is 0.323 e. The molecule has 2 aromatic carbocycles. The van der Waals surface area contributed by atoms with Crippen LogP contribution in [0.15, 0.2) is 58.6 Å². The summed E-state index contributed by atoms with van der Waals surface area (Å²) in [4.78, 5) is 25.7. The van der Waals surface area contributed by atoms with Gasteiger partial charge in [0.15, 0.2) is 0 Å². The third-order valence-electron chi connectivity index (χ3n) is 3.37. The molecule has 9 heteroatoms. The van der Waals surface area contributed by atoms with Crippen molar-refractivity contribution < 1.29 is 14.3 Å². The number of carbonyl (C=O) groups is 1. The van der Waals surface area contributed by atoms with Crippen molar-refractivity contribution >= 4 is 35.0 Å². The minimum absolute atomic E-state index is 0.132. The zero-order chi connectivity index (χ0) is 19.2. The molecule has 3 aromatic rings. The SMILES string of the molecule is COc1nc(OC)nc(Sc2ccccc2C(=O)Nc2ccc(Cl)cc2)n1. The van der Waals surface area contributed by atoms with Crippen molar-refractivity contribution in [2.45, 2.75) is 10.1 Å². The van der Waals surface area contributed by atoms with E-state index < -0.39 is 0 Å². The molecule has 1 amide bonds. The summed E-state index contributed by atoms with van der Waals surface area (Å²) in [6.45, 7) is 0. The summed E-state index contributed by atoms with van der Waals surface area (Å²) in [6, 6.07) is 14.3. The number of benzene rings is 2. The third kappa shape index (κ3) is 4.87. The van der Waals surface area contributed by atoms with E-state index in [9.17, 15) is 4.79 Å². The molecule has 3 rings (SSSR count). The van der Waals surface area contributed by atoms with Crippen molar-refractivity contribution in [3.8, 4) is 12.0 Å². The maximum absolute atomic E-state index is 12.7. The number of hydrogen-bond donors (Lipinski definition) is 1. The number of carbonyl (C=O) groups excluding carboxylic acids is 1. The second-order valence-corrected chi connectivity index (χ2v) is 6.60. The Balaban J connectivity index is 1.85. The van der Waals surface area contributed by atoms with Gasteiger partial charge < -0.3 is 14.8 Å². The number of methoxy groups -OCH3 is 2. The summed E-state index contributed by atoms with van der Waals surface area (Å²) in [6.07, 6.45) is 0. The molecule has 1 aromatic heterocycles. The highest BCUT2D eigenvalue weighted by atomic mass is 35.5. The van der Waals surface area contributed by atoms with E-state index in [1.807, 2.05) is 12.1 Å².